The molecule has 0 fully saturated rings. The lowest BCUT2D eigenvalue weighted by atomic mass is 10.2. The van der Waals surface area contributed by atoms with Gasteiger partial charge >= 0.3 is 0 Å². The number of hydrogen-bond donors (Lipinski definition) is 1. The number of carbonyl (C=O) groups is 1. The van der Waals surface area contributed by atoms with Crippen LogP contribution in [-0.2, 0) is 0 Å². The fourth-order valence-corrected chi connectivity index (χ4v) is 2.51. The van der Waals surface area contributed by atoms with Crippen LogP contribution in [0, 0.1) is 18.8 Å². The van der Waals surface area contributed by atoms with Crippen LogP contribution in [0.3, 0.4) is 0 Å². The summed E-state index contributed by atoms with van der Waals surface area (Å²) >= 11 is 1.44. The minimum absolute atomic E-state index is 0.0701. The van der Waals surface area contributed by atoms with E-state index in [0.29, 0.717) is 6.54 Å². The molecule has 1 amide bonds. The Balaban J connectivity index is 2.89. The highest BCUT2D eigenvalue weighted by Crippen LogP contribution is 2.22. The summed E-state index contributed by atoms with van der Waals surface area (Å²) in [5.41, 5.74) is 6.38. The summed E-state index contributed by atoms with van der Waals surface area (Å²) in [5, 5.41) is 0. The van der Waals surface area contributed by atoms with Gasteiger partial charge in [0.2, 0.25) is 0 Å². The van der Waals surface area contributed by atoms with E-state index in [0.717, 1.165) is 28.3 Å². The van der Waals surface area contributed by atoms with Crippen molar-refractivity contribution in [3.63, 3.8) is 0 Å². The van der Waals surface area contributed by atoms with Crippen molar-refractivity contribution in [2.75, 3.05) is 20.1 Å². The largest absolute Gasteiger partial charge is 0.341 e. The molecule has 0 unspecified atom stereocenters. The molecule has 1 rings (SSSR count). The van der Waals surface area contributed by atoms with Gasteiger partial charge in [0.25, 0.3) is 5.91 Å². The first kappa shape index (κ1) is 13.8. The van der Waals surface area contributed by atoms with Gasteiger partial charge in [-0.05, 0) is 25.0 Å². The van der Waals surface area contributed by atoms with Gasteiger partial charge in [-0.1, -0.05) is 18.8 Å². The maximum atomic E-state index is 12.0. The number of nitrogens with zero attached hydrogens (tertiary/aromatic N) is 1. The zero-order valence-electron chi connectivity index (χ0n) is 10.5. The molecule has 0 aliphatic rings. The Bertz CT molecular complexity index is 454. The van der Waals surface area contributed by atoms with Crippen LogP contribution < -0.4 is 5.73 Å². The van der Waals surface area contributed by atoms with Gasteiger partial charge in [0.05, 0.1) is 16.3 Å². The topological polar surface area (TPSA) is 46.3 Å². The molecule has 0 bridgehead atoms. The number of nitrogens with two attached hydrogens (primary N) is 1. The molecule has 0 saturated carbocycles. The predicted molar refractivity (Wildman–Crippen MR) is 72.2 cm³/mol. The SMILES string of the molecule is CCCN(C)C(=O)c1cc(C)c(C#CCN)s1. The normalized spacial score (nSPS) is 9.65. The van der Waals surface area contributed by atoms with Crippen molar-refractivity contribution in [1.82, 2.24) is 4.90 Å². The minimum Gasteiger partial charge on any atom is -0.341 e. The average Bonchev–Trinajstić information content (AvgIpc) is 2.67. The highest BCUT2D eigenvalue weighted by molar-refractivity contribution is 7.14. The fourth-order valence-electron chi connectivity index (χ4n) is 1.47. The summed E-state index contributed by atoms with van der Waals surface area (Å²) in [4.78, 5) is 15.5. The lowest BCUT2D eigenvalue weighted by Gasteiger charge is -2.14. The van der Waals surface area contributed by atoms with Crippen LogP contribution in [0.2, 0.25) is 0 Å². The van der Waals surface area contributed by atoms with Crippen molar-refractivity contribution in [3.8, 4) is 11.8 Å². The molecule has 1 heterocycles. The maximum absolute atomic E-state index is 12.0. The van der Waals surface area contributed by atoms with E-state index in [1.54, 1.807) is 4.90 Å². The summed E-state index contributed by atoms with van der Waals surface area (Å²) < 4.78 is 0. The molecule has 0 aliphatic heterocycles. The highest BCUT2D eigenvalue weighted by Gasteiger charge is 2.14. The zero-order valence-corrected chi connectivity index (χ0v) is 11.4. The average molecular weight is 250 g/mol. The number of aryl methyl sites for hydroxylation is 1. The molecule has 4 heteroatoms. The summed E-state index contributed by atoms with van der Waals surface area (Å²) in [6.45, 7) is 5.14. The lowest BCUT2D eigenvalue weighted by molar-refractivity contribution is 0.0800. The summed E-state index contributed by atoms with van der Waals surface area (Å²) in [5.74, 6) is 5.88. The molecule has 0 radical (unpaired) electrons. The summed E-state index contributed by atoms with van der Waals surface area (Å²) in [7, 11) is 1.83. The third kappa shape index (κ3) is 3.58. The van der Waals surface area contributed by atoms with Gasteiger partial charge in [-0.15, -0.1) is 11.3 Å². The molecule has 0 aliphatic carbocycles. The van der Waals surface area contributed by atoms with E-state index in [2.05, 4.69) is 18.8 Å². The molecule has 1 aromatic heterocycles. The molecule has 0 saturated heterocycles. The Morgan fingerprint density at radius 1 is 1.59 bits per heavy atom. The Kier molecular flexibility index (Phi) is 5.20. The first-order valence-corrected chi connectivity index (χ1v) is 6.46. The molecule has 3 nitrogen and oxygen atoms in total. The standard InChI is InChI=1S/C13H18N2OS/c1-4-8-15(3)13(16)12-9-10(2)11(17-12)6-5-7-14/h9H,4,7-8,14H2,1-3H3. The van der Waals surface area contributed by atoms with Crippen LogP contribution in [0.4, 0.5) is 0 Å². The fraction of sp³-hybridized carbons (Fsp3) is 0.462. The highest BCUT2D eigenvalue weighted by atomic mass is 32.1. The molecule has 1 aromatic rings. The Morgan fingerprint density at radius 3 is 2.88 bits per heavy atom. The quantitative estimate of drug-likeness (QED) is 0.832. The predicted octanol–water partition coefficient (Wildman–Crippen LogP) is 1.85. The van der Waals surface area contributed by atoms with E-state index in [1.807, 2.05) is 20.0 Å². The van der Waals surface area contributed by atoms with Crippen LogP contribution in [0.15, 0.2) is 6.07 Å². The van der Waals surface area contributed by atoms with E-state index in [1.165, 1.54) is 11.3 Å². The number of carbonyl (C=O) groups excluding carboxylic acids is 1. The summed E-state index contributed by atoms with van der Waals surface area (Å²) in [6.07, 6.45) is 0.965. The molecular weight excluding hydrogens is 232 g/mol. The number of hydrogen-bond acceptors (Lipinski definition) is 3. The van der Waals surface area contributed by atoms with Gasteiger partial charge < -0.3 is 10.6 Å². The smallest absolute Gasteiger partial charge is 0.263 e. The second-order valence-corrected chi connectivity index (χ2v) is 4.91. The van der Waals surface area contributed by atoms with Gasteiger partial charge in [0.1, 0.15) is 0 Å². The third-order valence-corrected chi connectivity index (χ3v) is 3.48. The number of rotatable bonds is 3. The van der Waals surface area contributed by atoms with Gasteiger partial charge in [-0.25, -0.2) is 0 Å². The minimum atomic E-state index is 0.0701. The van der Waals surface area contributed by atoms with Gasteiger partial charge in [0.15, 0.2) is 0 Å². The van der Waals surface area contributed by atoms with E-state index >= 15 is 0 Å². The van der Waals surface area contributed by atoms with Crippen LogP contribution in [0.5, 0.6) is 0 Å². The van der Waals surface area contributed by atoms with Crippen LogP contribution >= 0.6 is 11.3 Å². The Morgan fingerprint density at radius 2 is 2.29 bits per heavy atom. The van der Waals surface area contributed by atoms with Crippen molar-refractivity contribution in [1.29, 1.82) is 0 Å². The molecule has 2 N–H and O–H groups in total. The van der Waals surface area contributed by atoms with Crippen LogP contribution in [-0.4, -0.2) is 30.9 Å². The van der Waals surface area contributed by atoms with Crippen molar-refractivity contribution in [2.45, 2.75) is 20.3 Å². The molecule has 0 atom stereocenters. The molecule has 0 spiro atoms. The summed E-state index contributed by atoms with van der Waals surface area (Å²) in [6, 6.07) is 1.90. The van der Waals surface area contributed by atoms with E-state index < -0.39 is 0 Å². The molecule has 92 valence electrons. The van der Waals surface area contributed by atoms with E-state index in [-0.39, 0.29) is 5.91 Å². The van der Waals surface area contributed by atoms with Crippen LogP contribution in [0.1, 0.15) is 33.5 Å². The van der Waals surface area contributed by atoms with Crippen molar-refractivity contribution >= 4 is 17.2 Å². The maximum Gasteiger partial charge on any atom is 0.263 e. The molecule has 17 heavy (non-hydrogen) atoms. The first-order valence-electron chi connectivity index (χ1n) is 5.65. The van der Waals surface area contributed by atoms with Crippen LogP contribution in [0.25, 0.3) is 0 Å². The molecule has 0 aromatic carbocycles. The molecular formula is C13H18N2OS. The van der Waals surface area contributed by atoms with Crippen molar-refractivity contribution in [2.24, 2.45) is 5.73 Å². The van der Waals surface area contributed by atoms with Gasteiger partial charge in [0, 0.05) is 13.6 Å². The van der Waals surface area contributed by atoms with Gasteiger partial charge in [-0.2, -0.15) is 0 Å². The second-order valence-electron chi connectivity index (χ2n) is 3.86. The Hall–Kier alpha value is -1.31. The third-order valence-electron chi connectivity index (χ3n) is 2.34. The Labute approximate surface area is 107 Å². The van der Waals surface area contributed by atoms with E-state index in [4.69, 9.17) is 5.73 Å². The number of amides is 1. The van der Waals surface area contributed by atoms with Crippen molar-refractivity contribution in [3.05, 3.63) is 21.4 Å². The van der Waals surface area contributed by atoms with E-state index in [9.17, 15) is 4.79 Å². The monoisotopic (exact) mass is 250 g/mol. The first-order chi connectivity index (χ1) is 8.10. The zero-order chi connectivity index (χ0) is 12.8. The van der Waals surface area contributed by atoms with Crippen molar-refractivity contribution < 1.29 is 4.79 Å². The number of thiophene rings is 1. The second kappa shape index (κ2) is 6.43. The lowest BCUT2D eigenvalue weighted by Crippen LogP contribution is -2.26. The van der Waals surface area contributed by atoms with Gasteiger partial charge in [-0.3, -0.25) is 4.79 Å².